The van der Waals surface area contributed by atoms with Gasteiger partial charge in [-0.2, -0.15) is 0 Å². The van der Waals surface area contributed by atoms with Gasteiger partial charge in [0.2, 0.25) is 0 Å². The quantitative estimate of drug-likeness (QED) is 0.856. The van der Waals surface area contributed by atoms with Crippen molar-refractivity contribution in [1.29, 1.82) is 0 Å². The smallest absolute Gasteiger partial charge is 0.161 e. The molecule has 3 nitrogen and oxygen atoms in total. The fourth-order valence-electron chi connectivity index (χ4n) is 2.50. The van der Waals surface area contributed by atoms with E-state index in [2.05, 4.69) is 30.1 Å². The molecule has 1 atom stereocenters. The summed E-state index contributed by atoms with van der Waals surface area (Å²) >= 11 is 0. The molecular formula is C18H19NO2. The lowest BCUT2D eigenvalue weighted by atomic mass is 9.98. The maximum atomic E-state index is 5.95. The Morgan fingerprint density at radius 3 is 2.71 bits per heavy atom. The molecule has 3 heteroatoms. The third kappa shape index (κ3) is 3.07. The van der Waals surface area contributed by atoms with Crippen molar-refractivity contribution in [2.75, 3.05) is 7.11 Å². The van der Waals surface area contributed by atoms with Gasteiger partial charge < -0.3 is 9.47 Å². The summed E-state index contributed by atoms with van der Waals surface area (Å²) in [6, 6.07) is 14.6. The van der Waals surface area contributed by atoms with Crippen molar-refractivity contribution in [2.45, 2.75) is 26.0 Å². The Hall–Kier alpha value is -2.29. The summed E-state index contributed by atoms with van der Waals surface area (Å²) < 4.78 is 11.4. The molecule has 0 fully saturated rings. The number of ether oxygens (including phenoxy) is 2. The van der Waals surface area contributed by atoms with E-state index in [0.29, 0.717) is 12.6 Å². The molecule has 0 amide bonds. The summed E-state index contributed by atoms with van der Waals surface area (Å²) in [5.74, 6) is 1.55. The molecule has 0 saturated carbocycles. The first-order chi connectivity index (χ1) is 10.3. The average molecular weight is 281 g/mol. The number of rotatable bonds is 4. The number of methoxy groups -OCH3 is 1. The molecule has 0 aliphatic carbocycles. The standard InChI is InChI=1S/C18H19NO2/c1-13-8-15-9-18(17(20-2)10-16(15)11-19-13)21-12-14-6-4-3-5-7-14/h3-7,9-11,13H,8,12H2,1-2H3/t13-/m0/s1. The second-order valence-corrected chi connectivity index (χ2v) is 5.31. The molecule has 108 valence electrons. The molecule has 0 aromatic heterocycles. The summed E-state index contributed by atoms with van der Waals surface area (Å²) in [7, 11) is 1.67. The molecular weight excluding hydrogens is 262 g/mol. The van der Waals surface area contributed by atoms with Gasteiger partial charge in [-0.25, -0.2) is 0 Å². The van der Waals surface area contributed by atoms with Crippen LogP contribution in [0.2, 0.25) is 0 Å². The Bertz CT molecular complexity index is 650. The zero-order valence-corrected chi connectivity index (χ0v) is 12.4. The summed E-state index contributed by atoms with van der Waals surface area (Å²) in [6.07, 6.45) is 2.87. The van der Waals surface area contributed by atoms with Crippen molar-refractivity contribution in [1.82, 2.24) is 0 Å². The van der Waals surface area contributed by atoms with Gasteiger partial charge in [0.1, 0.15) is 6.61 Å². The third-order valence-corrected chi connectivity index (χ3v) is 3.65. The van der Waals surface area contributed by atoms with Gasteiger partial charge in [-0.05, 0) is 42.2 Å². The van der Waals surface area contributed by atoms with E-state index in [0.717, 1.165) is 29.0 Å². The molecule has 3 rings (SSSR count). The van der Waals surface area contributed by atoms with Gasteiger partial charge in [0.15, 0.2) is 11.5 Å². The van der Waals surface area contributed by atoms with Crippen molar-refractivity contribution in [3.8, 4) is 11.5 Å². The SMILES string of the molecule is COc1cc2c(cc1OCc1ccccc1)C[C@H](C)N=C2. The minimum absolute atomic E-state index is 0.327. The van der Waals surface area contributed by atoms with Crippen molar-refractivity contribution in [3.63, 3.8) is 0 Å². The Morgan fingerprint density at radius 2 is 1.95 bits per heavy atom. The number of benzene rings is 2. The van der Waals surface area contributed by atoms with Gasteiger partial charge >= 0.3 is 0 Å². The van der Waals surface area contributed by atoms with Crippen molar-refractivity contribution in [3.05, 3.63) is 59.2 Å². The average Bonchev–Trinajstić information content (AvgIpc) is 2.53. The topological polar surface area (TPSA) is 30.8 Å². The number of fused-ring (bicyclic) bond motifs is 1. The van der Waals surface area contributed by atoms with E-state index in [4.69, 9.17) is 9.47 Å². The number of hydrogen-bond acceptors (Lipinski definition) is 3. The molecule has 0 saturated heterocycles. The molecule has 0 unspecified atom stereocenters. The molecule has 0 radical (unpaired) electrons. The van der Waals surface area contributed by atoms with Crippen LogP contribution in [-0.4, -0.2) is 19.4 Å². The maximum absolute atomic E-state index is 5.95. The zero-order chi connectivity index (χ0) is 14.7. The van der Waals surface area contributed by atoms with Crippen LogP contribution in [0.4, 0.5) is 0 Å². The highest BCUT2D eigenvalue weighted by atomic mass is 16.5. The normalized spacial score (nSPS) is 16.4. The molecule has 1 heterocycles. The van der Waals surface area contributed by atoms with E-state index >= 15 is 0 Å². The fourth-order valence-corrected chi connectivity index (χ4v) is 2.50. The first kappa shape index (κ1) is 13.7. The highest BCUT2D eigenvalue weighted by Gasteiger charge is 2.16. The van der Waals surface area contributed by atoms with Gasteiger partial charge in [0.05, 0.1) is 13.2 Å². The summed E-state index contributed by atoms with van der Waals surface area (Å²) in [5, 5.41) is 0. The van der Waals surface area contributed by atoms with Gasteiger partial charge in [-0.1, -0.05) is 30.3 Å². The first-order valence-corrected chi connectivity index (χ1v) is 7.17. The van der Waals surface area contributed by atoms with Crippen LogP contribution >= 0.6 is 0 Å². The Kier molecular flexibility index (Phi) is 3.91. The molecule has 1 aliphatic heterocycles. The van der Waals surface area contributed by atoms with Crippen LogP contribution in [0.3, 0.4) is 0 Å². The van der Waals surface area contributed by atoms with Crippen molar-refractivity contribution in [2.24, 2.45) is 4.99 Å². The second kappa shape index (κ2) is 6.00. The van der Waals surface area contributed by atoms with Crippen LogP contribution in [0, 0.1) is 0 Å². The number of aliphatic imine (C=N–C) groups is 1. The second-order valence-electron chi connectivity index (χ2n) is 5.31. The highest BCUT2D eigenvalue weighted by molar-refractivity contribution is 5.84. The minimum Gasteiger partial charge on any atom is -0.493 e. The van der Waals surface area contributed by atoms with Gasteiger partial charge in [0.25, 0.3) is 0 Å². The zero-order valence-electron chi connectivity index (χ0n) is 12.4. The Labute approximate surface area is 125 Å². The first-order valence-electron chi connectivity index (χ1n) is 7.17. The predicted molar refractivity (Wildman–Crippen MR) is 84.5 cm³/mol. The third-order valence-electron chi connectivity index (χ3n) is 3.65. The fraction of sp³-hybridized carbons (Fsp3) is 0.278. The van der Waals surface area contributed by atoms with E-state index in [1.807, 2.05) is 30.5 Å². The minimum atomic E-state index is 0.327. The van der Waals surface area contributed by atoms with Crippen LogP contribution in [-0.2, 0) is 13.0 Å². The summed E-state index contributed by atoms with van der Waals surface area (Å²) in [4.78, 5) is 4.45. The van der Waals surface area contributed by atoms with E-state index < -0.39 is 0 Å². The largest absolute Gasteiger partial charge is 0.493 e. The van der Waals surface area contributed by atoms with Crippen LogP contribution < -0.4 is 9.47 Å². The van der Waals surface area contributed by atoms with Gasteiger partial charge in [-0.15, -0.1) is 0 Å². The summed E-state index contributed by atoms with van der Waals surface area (Å²) in [6.45, 7) is 2.66. The maximum Gasteiger partial charge on any atom is 0.161 e. The predicted octanol–water partition coefficient (Wildman–Crippen LogP) is 3.64. The van der Waals surface area contributed by atoms with Crippen LogP contribution in [0.5, 0.6) is 11.5 Å². The van der Waals surface area contributed by atoms with E-state index in [9.17, 15) is 0 Å². The molecule has 2 aromatic rings. The van der Waals surface area contributed by atoms with Gasteiger partial charge in [0, 0.05) is 6.21 Å². The monoisotopic (exact) mass is 281 g/mol. The van der Waals surface area contributed by atoms with Crippen molar-refractivity contribution < 1.29 is 9.47 Å². The van der Waals surface area contributed by atoms with Crippen LogP contribution in [0.1, 0.15) is 23.6 Å². The number of nitrogens with zero attached hydrogens (tertiary/aromatic N) is 1. The molecule has 0 N–H and O–H groups in total. The lowest BCUT2D eigenvalue weighted by Crippen LogP contribution is -2.12. The molecule has 1 aliphatic rings. The van der Waals surface area contributed by atoms with Crippen LogP contribution in [0.25, 0.3) is 0 Å². The lowest BCUT2D eigenvalue weighted by molar-refractivity contribution is 0.284. The Morgan fingerprint density at radius 1 is 1.14 bits per heavy atom. The van der Waals surface area contributed by atoms with Crippen molar-refractivity contribution >= 4 is 6.21 Å². The summed E-state index contributed by atoms with van der Waals surface area (Å²) in [5.41, 5.74) is 3.53. The lowest BCUT2D eigenvalue weighted by Gasteiger charge is -2.19. The number of hydrogen-bond donors (Lipinski definition) is 0. The Balaban J connectivity index is 1.84. The molecule has 21 heavy (non-hydrogen) atoms. The van der Waals surface area contributed by atoms with Gasteiger partial charge in [-0.3, -0.25) is 4.99 Å². The highest BCUT2D eigenvalue weighted by Crippen LogP contribution is 2.33. The van der Waals surface area contributed by atoms with E-state index in [1.54, 1.807) is 7.11 Å². The molecule has 0 spiro atoms. The van der Waals surface area contributed by atoms with Crippen LogP contribution in [0.15, 0.2) is 47.5 Å². The van der Waals surface area contributed by atoms with E-state index in [-0.39, 0.29) is 0 Å². The molecule has 2 aromatic carbocycles. The molecule has 0 bridgehead atoms. The van der Waals surface area contributed by atoms with E-state index in [1.165, 1.54) is 5.56 Å².